The van der Waals surface area contributed by atoms with Crippen molar-refractivity contribution in [3.05, 3.63) is 12.2 Å². The first-order chi connectivity index (χ1) is 7.36. The first kappa shape index (κ1) is 15.1. The van der Waals surface area contributed by atoms with E-state index in [1.165, 1.54) is 15.7 Å². The minimum absolute atomic E-state index is 0.195. The van der Waals surface area contributed by atoms with E-state index in [1.54, 1.807) is 13.8 Å². The molecule has 0 aliphatic heterocycles. The lowest BCUT2D eigenvalue weighted by atomic mass is 10.3. The van der Waals surface area contributed by atoms with E-state index in [2.05, 4.69) is 6.58 Å². The molecular formula is C10H19N3O2S. The molecule has 0 atom stereocenters. The van der Waals surface area contributed by atoms with E-state index in [0.717, 1.165) is 5.57 Å². The maximum absolute atomic E-state index is 12.0. The fourth-order valence-corrected chi connectivity index (χ4v) is 2.60. The van der Waals surface area contributed by atoms with Gasteiger partial charge in [-0.25, -0.2) is 0 Å². The lowest BCUT2D eigenvalue weighted by Gasteiger charge is -2.26. The van der Waals surface area contributed by atoms with E-state index in [0.29, 0.717) is 13.1 Å². The molecule has 0 saturated carbocycles. The van der Waals surface area contributed by atoms with Crippen LogP contribution in [0.1, 0.15) is 20.3 Å². The smallest absolute Gasteiger partial charge is 0.198 e. The Morgan fingerprint density at radius 3 is 2.44 bits per heavy atom. The summed E-state index contributed by atoms with van der Waals surface area (Å²) in [7, 11) is -1.98. The van der Waals surface area contributed by atoms with Crippen LogP contribution in [0.15, 0.2) is 12.2 Å². The Labute approximate surface area is 98.1 Å². The van der Waals surface area contributed by atoms with Crippen LogP contribution in [0.2, 0.25) is 0 Å². The molecule has 0 heterocycles. The molecule has 0 bridgehead atoms. The van der Waals surface area contributed by atoms with Gasteiger partial charge in [-0.05, 0) is 6.92 Å². The molecule has 0 aliphatic carbocycles. The highest BCUT2D eigenvalue weighted by atomic mass is 32.2. The summed E-state index contributed by atoms with van der Waals surface area (Å²) in [4.78, 5) is 0. The van der Waals surface area contributed by atoms with Gasteiger partial charge in [0.2, 0.25) is 0 Å². The van der Waals surface area contributed by atoms with Crippen molar-refractivity contribution in [3.8, 4) is 6.07 Å². The Morgan fingerprint density at radius 1 is 1.50 bits per heavy atom. The van der Waals surface area contributed by atoms with Crippen molar-refractivity contribution in [2.45, 2.75) is 20.3 Å². The van der Waals surface area contributed by atoms with Crippen LogP contribution in [-0.4, -0.2) is 43.7 Å². The maximum Gasteiger partial charge on any atom is 0.282 e. The summed E-state index contributed by atoms with van der Waals surface area (Å²) < 4.78 is 26.5. The third kappa shape index (κ3) is 4.31. The summed E-state index contributed by atoms with van der Waals surface area (Å²) in [5, 5.41) is 8.42. The number of nitrogens with zero attached hydrogens (tertiary/aromatic N) is 3. The van der Waals surface area contributed by atoms with E-state index in [9.17, 15) is 8.42 Å². The zero-order valence-corrected chi connectivity index (χ0v) is 10.9. The monoisotopic (exact) mass is 245 g/mol. The molecule has 0 rings (SSSR count). The Bertz CT molecular complexity index is 370. The van der Waals surface area contributed by atoms with Crippen LogP contribution in [0.3, 0.4) is 0 Å². The Morgan fingerprint density at radius 2 is 2.06 bits per heavy atom. The molecule has 0 spiro atoms. The van der Waals surface area contributed by atoms with Gasteiger partial charge in [0, 0.05) is 33.1 Å². The standard InChI is InChI=1S/C10H19N3O2S/c1-5-13(9-10(2)3)16(14,15)12(4)8-6-7-11/h2,5-6,8-9H2,1,3-4H3. The first-order valence-corrected chi connectivity index (χ1v) is 6.48. The average molecular weight is 245 g/mol. The molecule has 0 aliphatic rings. The molecule has 0 unspecified atom stereocenters. The van der Waals surface area contributed by atoms with Crippen LogP contribution in [0.5, 0.6) is 0 Å². The molecule has 0 radical (unpaired) electrons. The van der Waals surface area contributed by atoms with Crippen LogP contribution < -0.4 is 0 Å². The lowest BCUT2D eigenvalue weighted by Crippen LogP contribution is -2.42. The highest BCUT2D eigenvalue weighted by Crippen LogP contribution is 2.08. The van der Waals surface area contributed by atoms with Gasteiger partial charge in [0.25, 0.3) is 10.2 Å². The zero-order valence-electron chi connectivity index (χ0n) is 10.1. The van der Waals surface area contributed by atoms with E-state index >= 15 is 0 Å². The molecule has 0 saturated heterocycles. The summed E-state index contributed by atoms with van der Waals surface area (Å²) >= 11 is 0. The second-order valence-electron chi connectivity index (χ2n) is 3.62. The van der Waals surface area contributed by atoms with Crippen molar-refractivity contribution in [1.82, 2.24) is 8.61 Å². The average Bonchev–Trinajstić information content (AvgIpc) is 2.21. The van der Waals surface area contributed by atoms with E-state index in [1.807, 2.05) is 6.07 Å². The van der Waals surface area contributed by atoms with Gasteiger partial charge in [0.15, 0.2) is 0 Å². The summed E-state index contributed by atoms with van der Waals surface area (Å²) in [6.45, 7) is 8.19. The number of hydrogen-bond donors (Lipinski definition) is 0. The second kappa shape index (κ2) is 6.63. The molecule has 5 nitrogen and oxygen atoms in total. The number of rotatable bonds is 7. The van der Waals surface area contributed by atoms with Crippen molar-refractivity contribution >= 4 is 10.2 Å². The van der Waals surface area contributed by atoms with Gasteiger partial charge in [0.05, 0.1) is 6.07 Å². The summed E-state index contributed by atoms with van der Waals surface area (Å²) in [6.07, 6.45) is 0.195. The van der Waals surface area contributed by atoms with E-state index < -0.39 is 10.2 Å². The summed E-state index contributed by atoms with van der Waals surface area (Å²) in [6, 6.07) is 1.93. The van der Waals surface area contributed by atoms with Gasteiger partial charge in [-0.2, -0.15) is 22.3 Å². The van der Waals surface area contributed by atoms with Crippen LogP contribution in [-0.2, 0) is 10.2 Å². The summed E-state index contributed by atoms with van der Waals surface area (Å²) in [5.74, 6) is 0. The molecule has 0 fully saturated rings. The molecule has 92 valence electrons. The summed E-state index contributed by atoms with van der Waals surface area (Å²) in [5.41, 5.74) is 0.791. The minimum atomic E-state index is -3.46. The third-order valence-electron chi connectivity index (χ3n) is 2.06. The second-order valence-corrected chi connectivity index (χ2v) is 5.66. The normalized spacial score (nSPS) is 11.8. The van der Waals surface area contributed by atoms with Crippen LogP contribution in [0, 0.1) is 11.3 Å². The van der Waals surface area contributed by atoms with Crippen LogP contribution >= 0.6 is 0 Å². The Balaban J connectivity index is 4.73. The van der Waals surface area contributed by atoms with Crippen LogP contribution in [0.4, 0.5) is 0 Å². The molecule has 6 heteroatoms. The van der Waals surface area contributed by atoms with Crippen molar-refractivity contribution in [2.24, 2.45) is 0 Å². The van der Waals surface area contributed by atoms with Crippen molar-refractivity contribution in [3.63, 3.8) is 0 Å². The van der Waals surface area contributed by atoms with Crippen molar-refractivity contribution in [2.75, 3.05) is 26.7 Å². The highest BCUT2D eigenvalue weighted by Gasteiger charge is 2.24. The van der Waals surface area contributed by atoms with Gasteiger partial charge in [0.1, 0.15) is 0 Å². The van der Waals surface area contributed by atoms with Crippen LogP contribution in [0.25, 0.3) is 0 Å². The predicted octanol–water partition coefficient (Wildman–Crippen LogP) is 0.975. The topological polar surface area (TPSA) is 64.4 Å². The van der Waals surface area contributed by atoms with Crippen molar-refractivity contribution in [1.29, 1.82) is 5.26 Å². The molecule has 0 aromatic rings. The van der Waals surface area contributed by atoms with Gasteiger partial charge < -0.3 is 0 Å². The molecule has 0 aromatic carbocycles. The Kier molecular flexibility index (Phi) is 6.26. The van der Waals surface area contributed by atoms with Gasteiger partial charge >= 0.3 is 0 Å². The highest BCUT2D eigenvalue weighted by molar-refractivity contribution is 7.86. The van der Waals surface area contributed by atoms with Crippen molar-refractivity contribution < 1.29 is 8.42 Å². The predicted molar refractivity (Wildman–Crippen MR) is 63.8 cm³/mol. The van der Waals surface area contributed by atoms with Gasteiger partial charge in [-0.1, -0.05) is 19.1 Å². The first-order valence-electron chi connectivity index (χ1n) is 5.09. The Hall–Kier alpha value is -0.900. The fourth-order valence-electron chi connectivity index (χ4n) is 1.18. The molecule has 0 amide bonds. The lowest BCUT2D eigenvalue weighted by molar-refractivity contribution is 0.385. The van der Waals surface area contributed by atoms with E-state index in [-0.39, 0.29) is 13.0 Å². The molecular weight excluding hydrogens is 226 g/mol. The quantitative estimate of drug-likeness (QED) is 0.628. The third-order valence-corrected chi connectivity index (χ3v) is 4.07. The fraction of sp³-hybridized carbons (Fsp3) is 0.700. The van der Waals surface area contributed by atoms with Gasteiger partial charge in [-0.15, -0.1) is 0 Å². The number of likely N-dealkylation sites (N-methyl/N-ethyl adjacent to an activating group) is 1. The maximum atomic E-state index is 12.0. The SMILES string of the molecule is C=C(C)CN(CC)S(=O)(=O)N(C)CCC#N. The minimum Gasteiger partial charge on any atom is -0.198 e. The zero-order chi connectivity index (χ0) is 12.8. The number of hydrogen-bond acceptors (Lipinski definition) is 3. The van der Waals surface area contributed by atoms with E-state index in [4.69, 9.17) is 5.26 Å². The molecule has 16 heavy (non-hydrogen) atoms. The molecule has 0 aromatic heterocycles. The van der Waals surface area contributed by atoms with Gasteiger partial charge in [-0.3, -0.25) is 0 Å². The number of nitriles is 1. The largest absolute Gasteiger partial charge is 0.282 e. The molecule has 0 N–H and O–H groups in total.